The van der Waals surface area contributed by atoms with Crippen LogP contribution in [0.2, 0.25) is 0 Å². The fourth-order valence-corrected chi connectivity index (χ4v) is 1.41. The average Bonchev–Trinajstić information content (AvgIpc) is 2.35. The molecule has 0 aliphatic rings. The van der Waals surface area contributed by atoms with Crippen LogP contribution in [0.3, 0.4) is 0 Å². The number of hydrogen-bond acceptors (Lipinski definition) is 3. The first-order valence-corrected chi connectivity index (χ1v) is 5.76. The molecule has 1 rings (SSSR count). The number of carbonyl (C=O) groups is 1. The van der Waals surface area contributed by atoms with Crippen LogP contribution in [0.5, 0.6) is 5.75 Å². The van der Waals surface area contributed by atoms with Gasteiger partial charge in [0.1, 0.15) is 5.75 Å². The van der Waals surface area contributed by atoms with Crippen molar-refractivity contribution in [3.8, 4) is 5.75 Å². The lowest BCUT2D eigenvalue weighted by Gasteiger charge is -2.14. The van der Waals surface area contributed by atoms with Crippen LogP contribution in [0, 0.1) is 6.92 Å². The quantitative estimate of drug-likeness (QED) is 0.783. The maximum absolute atomic E-state index is 11.5. The van der Waals surface area contributed by atoms with Gasteiger partial charge in [0.2, 0.25) is 0 Å². The van der Waals surface area contributed by atoms with Crippen molar-refractivity contribution in [3.63, 3.8) is 0 Å². The minimum atomic E-state index is -0.214. The standard InChI is InChI=1S/C13H19NO3/c1-3-11(8-15)14-13(16)9-17-12-7-5-4-6-10(12)2/h4-7,11,15H,3,8-9H2,1-2H3,(H,14,16)/t11-/m1/s1. The minimum Gasteiger partial charge on any atom is -0.484 e. The Morgan fingerprint density at radius 1 is 1.47 bits per heavy atom. The first-order valence-electron chi connectivity index (χ1n) is 5.76. The van der Waals surface area contributed by atoms with Gasteiger partial charge in [0.15, 0.2) is 6.61 Å². The predicted molar refractivity (Wildman–Crippen MR) is 66.0 cm³/mol. The monoisotopic (exact) mass is 237 g/mol. The van der Waals surface area contributed by atoms with E-state index in [2.05, 4.69) is 5.32 Å². The normalized spacial score (nSPS) is 11.9. The van der Waals surface area contributed by atoms with Crippen LogP contribution < -0.4 is 10.1 Å². The molecule has 0 radical (unpaired) electrons. The molecule has 1 aromatic carbocycles. The maximum Gasteiger partial charge on any atom is 0.258 e. The second-order valence-corrected chi connectivity index (χ2v) is 3.91. The Balaban J connectivity index is 2.41. The number of aliphatic hydroxyl groups is 1. The lowest BCUT2D eigenvalue weighted by atomic mass is 10.2. The number of benzene rings is 1. The molecule has 0 aliphatic heterocycles. The van der Waals surface area contributed by atoms with Crippen LogP contribution >= 0.6 is 0 Å². The third-order valence-corrected chi connectivity index (χ3v) is 2.53. The van der Waals surface area contributed by atoms with Crippen molar-refractivity contribution in [1.29, 1.82) is 0 Å². The van der Waals surface area contributed by atoms with Gasteiger partial charge in [0.25, 0.3) is 5.91 Å². The van der Waals surface area contributed by atoms with E-state index in [-0.39, 0.29) is 25.2 Å². The fourth-order valence-electron chi connectivity index (χ4n) is 1.41. The van der Waals surface area contributed by atoms with E-state index in [0.29, 0.717) is 12.2 Å². The summed E-state index contributed by atoms with van der Waals surface area (Å²) in [5, 5.41) is 11.6. The van der Waals surface area contributed by atoms with Gasteiger partial charge in [-0.3, -0.25) is 4.79 Å². The summed E-state index contributed by atoms with van der Waals surface area (Å²) in [4.78, 5) is 11.5. The largest absolute Gasteiger partial charge is 0.484 e. The minimum absolute atomic E-state index is 0.0264. The number of carbonyl (C=O) groups excluding carboxylic acids is 1. The molecule has 1 aromatic rings. The summed E-state index contributed by atoms with van der Waals surface area (Å²) in [5.41, 5.74) is 0.995. The molecule has 4 heteroatoms. The molecule has 0 fully saturated rings. The molecule has 1 amide bonds. The molecule has 0 unspecified atom stereocenters. The first-order chi connectivity index (χ1) is 8.17. The van der Waals surface area contributed by atoms with Crippen molar-refractivity contribution >= 4 is 5.91 Å². The second-order valence-electron chi connectivity index (χ2n) is 3.91. The van der Waals surface area contributed by atoms with Gasteiger partial charge in [-0.25, -0.2) is 0 Å². The van der Waals surface area contributed by atoms with Crippen LogP contribution in [0.1, 0.15) is 18.9 Å². The van der Waals surface area contributed by atoms with E-state index < -0.39 is 0 Å². The molecule has 1 atom stereocenters. The SMILES string of the molecule is CC[C@H](CO)NC(=O)COc1ccccc1C. The Hall–Kier alpha value is -1.55. The third-order valence-electron chi connectivity index (χ3n) is 2.53. The number of nitrogens with one attached hydrogen (secondary N) is 1. The van der Waals surface area contributed by atoms with Crippen molar-refractivity contribution in [3.05, 3.63) is 29.8 Å². The van der Waals surface area contributed by atoms with E-state index in [9.17, 15) is 4.79 Å². The Labute approximate surface area is 102 Å². The van der Waals surface area contributed by atoms with Crippen LogP contribution in [0.4, 0.5) is 0 Å². The smallest absolute Gasteiger partial charge is 0.258 e. The van der Waals surface area contributed by atoms with E-state index in [4.69, 9.17) is 9.84 Å². The molecule has 94 valence electrons. The first kappa shape index (κ1) is 13.5. The number of aryl methyl sites for hydroxylation is 1. The lowest BCUT2D eigenvalue weighted by molar-refractivity contribution is -0.124. The molecule has 0 saturated carbocycles. The van der Waals surface area contributed by atoms with E-state index in [1.807, 2.05) is 38.1 Å². The Morgan fingerprint density at radius 3 is 2.76 bits per heavy atom. The summed E-state index contributed by atoms with van der Waals surface area (Å²) in [6, 6.07) is 7.34. The molecular formula is C13H19NO3. The zero-order valence-corrected chi connectivity index (χ0v) is 10.3. The summed E-state index contributed by atoms with van der Waals surface area (Å²) >= 11 is 0. The highest BCUT2D eigenvalue weighted by atomic mass is 16.5. The molecule has 0 aliphatic carbocycles. The summed E-state index contributed by atoms with van der Waals surface area (Å²) < 4.78 is 5.39. The van der Waals surface area contributed by atoms with Gasteiger partial charge >= 0.3 is 0 Å². The second kappa shape index (κ2) is 6.91. The molecule has 0 heterocycles. The van der Waals surface area contributed by atoms with Crippen molar-refractivity contribution < 1.29 is 14.6 Å². The fraction of sp³-hybridized carbons (Fsp3) is 0.462. The number of aliphatic hydroxyl groups excluding tert-OH is 1. The molecule has 4 nitrogen and oxygen atoms in total. The number of amides is 1. The predicted octanol–water partition coefficient (Wildman–Crippen LogP) is 1.26. The van der Waals surface area contributed by atoms with Crippen molar-refractivity contribution in [1.82, 2.24) is 5.32 Å². The number of para-hydroxylation sites is 1. The molecule has 0 spiro atoms. The summed E-state index contributed by atoms with van der Waals surface area (Å²) in [7, 11) is 0. The van der Waals surface area contributed by atoms with Gasteiger partial charge in [-0.2, -0.15) is 0 Å². The maximum atomic E-state index is 11.5. The van der Waals surface area contributed by atoms with Gasteiger partial charge in [0.05, 0.1) is 12.6 Å². The van der Waals surface area contributed by atoms with Gasteiger partial charge < -0.3 is 15.2 Å². The van der Waals surface area contributed by atoms with Crippen LogP contribution in [0.25, 0.3) is 0 Å². The summed E-state index contributed by atoms with van der Waals surface area (Å²) in [5.74, 6) is 0.494. The Morgan fingerprint density at radius 2 is 2.18 bits per heavy atom. The highest BCUT2D eigenvalue weighted by Gasteiger charge is 2.09. The number of ether oxygens (including phenoxy) is 1. The summed E-state index contributed by atoms with van der Waals surface area (Å²) in [6.45, 7) is 3.76. The molecular weight excluding hydrogens is 218 g/mol. The zero-order chi connectivity index (χ0) is 12.7. The average molecular weight is 237 g/mol. The molecule has 0 aromatic heterocycles. The topological polar surface area (TPSA) is 58.6 Å². The van der Waals surface area contributed by atoms with Gasteiger partial charge in [-0.15, -0.1) is 0 Å². The van der Waals surface area contributed by atoms with Crippen molar-refractivity contribution in [2.75, 3.05) is 13.2 Å². The van der Waals surface area contributed by atoms with E-state index in [0.717, 1.165) is 5.56 Å². The highest BCUT2D eigenvalue weighted by molar-refractivity contribution is 5.77. The molecule has 17 heavy (non-hydrogen) atoms. The molecule has 0 bridgehead atoms. The van der Waals surface area contributed by atoms with Crippen molar-refractivity contribution in [2.45, 2.75) is 26.3 Å². The summed E-state index contributed by atoms with van der Waals surface area (Å²) in [6.07, 6.45) is 0.701. The van der Waals surface area contributed by atoms with Crippen LogP contribution in [-0.4, -0.2) is 30.3 Å². The molecule has 0 saturated heterocycles. The van der Waals surface area contributed by atoms with Gasteiger partial charge in [-0.05, 0) is 25.0 Å². The molecule has 2 N–H and O–H groups in total. The van der Waals surface area contributed by atoms with Gasteiger partial charge in [0, 0.05) is 0 Å². The van der Waals surface area contributed by atoms with Crippen molar-refractivity contribution in [2.24, 2.45) is 0 Å². The Kier molecular flexibility index (Phi) is 5.49. The van der Waals surface area contributed by atoms with E-state index in [1.165, 1.54) is 0 Å². The zero-order valence-electron chi connectivity index (χ0n) is 10.3. The highest BCUT2D eigenvalue weighted by Crippen LogP contribution is 2.15. The van der Waals surface area contributed by atoms with E-state index in [1.54, 1.807) is 0 Å². The van der Waals surface area contributed by atoms with Crippen LogP contribution in [-0.2, 0) is 4.79 Å². The number of hydrogen-bond donors (Lipinski definition) is 2. The number of rotatable bonds is 6. The van der Waals surface area contributed by atoms with Crippen LogP contribution in [0.15, 0.2) is 24.3 Å². The van der Waals surface area contributed by atoms with E-state index >= 15 is 0 Å². The Bertz CT molecular complexity index is 361. The lowest BCUT2D eigenvalue weighted by Crippen LogP contribution is -2.39. The van der Waals surface area contributed by atoms with Gasteiger partial charge in [-0.1, -0.05) is 25.1 Å². The third kappa shape index (κ3) is 4.44.